The van der Waals surface area contributed by atoms with Crippen LogP contribution in [0.25, 0.3) is 0 Å². The monoisotopic (exact) mass is 248 g/mol. The molecular weight excluding hydrogens is 220 g/mol. The second-order valence-corrected chi connectivity index (χ2v) is 5.44. The van der Waals surface area contributed by atoms with Crippen LogP contribution in [0.1, 0.15) is 49.9 Å². The second kappa shape index (κ2) is 6.91. The molecule has 0 amide bonds. The zero-order valence-electron chi connectivity index (χ0n) is 12.5. The van der Waals surface area contributed by atoms with Crippen LogP contribution in [0.4, 0.5) is 0 Å². The zero-order valence-corrected chi connectivity index (χ0v) is 12.5. The van der Waals surface area contributed by atoms with E-state index in [1.807, 2.05) is 0 Å². The molecule has 2 N–H and O–H groups in total. The Bertz CT molecular complexity index is 371. The molecule has 1 unspecified atom stereocenters. The maximum atomic E-state index is 6.05. The van der Waals surface area contributed by atoms with Gasteiger partial charge < -0.3 is 5.73 Å². The molecule has 1 aromatic carbocycles. The van der Waals surface area contributed by atoms with Crippen LogP contribution >= 0.6 is 0 Å². The van der Waals surface area contributed by atoms with Crippen LogP contribution in [0, 0.1) is 13.8 Å². The number of hydrogen-bond acceptors (Lipinski definition) is 2. The number of nitrogens with zero attached hydrogens (tertiary/aromatic N) is 1. The maximum Gasteiger partial charge on any atom is 0.0475 e. The van der Waals surface area contributed by atoms with Gasteiger partial charge in [-0.3, -0.25) is 4.90 Å². The zero-order chi connectivity index (χ0) is 13.7. The van der Waals surface area contributed by atoms with Crippen LogP contribution in [-0.2, 0) is 0 Å². The van der Waals surface area contributed by atoms with Gasteiger partial charge in [0.1, 0.15) is 0 Å². The summed E-state index contributed by atoms with van der Waals surface area (Å²) in [7, 11) is 0. The summed E-state index contributed by atoms with van der Waals surface area (Å²) in [6.07, 6.45) is 1.17. The Balaban J connectivity index is 3.10. The molecule has 0 aromatic heterocycles. The van der Waals surface area contributed by atoms with E-state index in [0.717, 1.165) is 6.54 Å². The number of benzene rings is 1. The van der Waals surface area contributed by atoms with E-state index in [1.54, 1.807) is 0 Å². The fourth-order valence-corrected chi connectivity index (χ4v) is 2.59. The van der Waals surface area contributed by atoms with E-state index in [4.69, 9.17) is 5.73 Å². The Labute approximate surface area is 112 Å². The van der Waals surface area contributed by atoms with Gasteiger partial charge in [-0.25, -0.2) is 0 Å². The number of aryl methyl sites for hydroxylation is 2. The first-order valence-corrected chi connectivity index (χ1v) is 7.04. The highest BCUT2D eigenvalue weighted by atomic mass is 15.2. The summed E-state index contributed by atoms with van der Waals surface area (Å²) in [6, 6.07) is 7.53. The molecule has 0 bridgehead atoms. The summed E-state index contributed by atoms with van der Waals surface area (Å²) in [5.74, 6) is 0. The van der Waals surface area contributed by atoms with Gasteiger partial charge in [0.25, 0.3) is 0 Å². The van der Waals surface area contributed by atoms with Crippen molar-refractivity contribution < 1.29 is 0 Å². The second-order valence-electron chi connectivity index (χ2n) is 5.44. The lowest BCUT2D eigenvalue weighted by Crippen LogP contribution is -2.39. The Hall–Kier alpha value is -0.860. The number of rotatable bonds is 6. The Morgan fingerprint density at radius 2 is 1.89 bits per heavy atom. The van der Waals surface area contributed by atoms with Crippen LogP contribution in [0.15, 0.2) is 18.2 Å². The van der Waals surface area contributed by atoms with Crippen molar-refractivity contribution in [3.05, 3.63) is 34.9 Å². The van der Waals surface area contributed by atoms with Crippen LogP contribution in [-0.4, -0.2) is 24.0 Å². The third kappa shape index (κ3) is 3.56. The normalized spacial score (nSPS) is 13.3. The van der Waals surface area contributed by atoms with E-state index in [-0.39, 0.29) is 0 Å². The lowest BCUT2D eigenvalue weighted by Gasteiger charge is -2.35. The number of hydrogen-bond donors (Lipinski definition) is 1. The smallest absolute Gasteiger partial charge is 0.0475 e. The van der Waals surface area contributed by atoms with Crippen molar-refractivity contribution in [2.75, 3.05) is 13.1 Å². The number of nitrogens with two attached hydrogens (primary N) is 1. The van der Waals surface area contributed by atoms with Crippen LogP contribution in [0.5, 0.6) is 0 Å². The van der Waals surface area contributed by atoms with Gasteiger partial charge in [-0.1, -0.05) is 30.7 Å². The van der Waals surface area contributed by atoms with E-state index >= 15 is 0 Å². The van der Waals surface area contributed by atoms with Crippen LogP contribution in [0.3, 0.4) is 0 Å². The Morgan fingerprint density at radius 1 is 1.22 bits per heavy atom. The van der Waals surface area contributed by atoms with Crippen molar-refractivity contribution >= 4 is 0 Å². The molecule has 0 fully saturated rings. The highest BCUT2D eigenvalue weighted by molar-refractivity contribution is 5.33. The average molecular weight is 248 g/mol. The minimum Gasteiger partial charge on any atom is -0.329 e. The molecule has 18 heavy (non-hydrogen) atoms. The Kier molecular flexibility index (Phi) is 5.83. The molecule has 0 aliphatic heterocycles. The molecule has 102 valence electrons. The molecule has 0 aliphatic rings. The molecule has 0 spiro atoms. The molecule has 0 heterocycles. The van der Waals surface area contributed by atoms with Gasteiger partial charge in [-0.15, -0.1) is 0 Å². The largest absolute Gasteiger partial charge is 0.329 e. The summed E-state index contributed by atoms with van der Waals surface area (Å²) in [6.45, 7) is 12.9. The quantitative estimate of drug-likeness (QED) is 0.836. The fourth-order valence-electron chi connectivity index (χ4n) is 2.59. The Morgan fingerprint density at radius 3 is 2.39 bits per heavy atom. The molecule has 1 atom stereocenters. The van der Waals surface area contributed by atoms with Crippen molar-refractivity contribution in [2.45, 2.75) is 53.1 Å². The first kappa shape index (κ1) is 15.2. The summed E-state index contributed by atoms with van der Waals surface area (Å²) in [5.41, 5.74) is 10.1. The van der Waals surface area contributed by atoms with Gasteiger partial charge in [0.05, 0.1) is 0 Å². The van der Waals surface area contributed by atoms with Gasteiger partial charge >= 0.3 is 0 Å². The maximum absolute atomic E-state index is 6.05. The lowest BCUT2D eigenvalue weighted by atomic mass is 9.96. The van der Waals surface area contributed by atoms with E-state index in [2.05, 4.69) is 57.7 Å². The molecule has 0 aliphatic carbocycles. The van der Waals surface area contributed by atoms with E-state index in [1.165, 1.54) is 23.1 Å². The fraction of sp³-hybridized carbons (Fsp3) is 0.625. The van der Waals surface area contributed by atoms with Crippen molar-refractivity contribution in [3.8, 4) is 0 Å². The van der Waals surface area contributed by atoms with Gasteiger partial charge in [0.15, 0.2) is 0 Å². The van der Waals surface area contributed by atoms with Crippen molar-refractivity contribution in [2.24, 2.45) is 5.73 Å². The minimum atomic E-state index is 0.338. The predicted molar refractivity (Wildman–Crippen MR) is 79.8 cm³/mol. The molecule has 2 heteroatoms. The average Bonchev–Trinajstić information content (AvgIpc) is 2.33. The van der Waals surface area contributed by atoms with Gasteiger partial charge in [0.2, 0.25) is 0 Å². The SMILES string of the molecule is CCCN(C(C)C)C(CN)c1cc(C)ccc1C. The van der Waals surface area contributed by atoms with E-state index in [0.29, 0.717) is 18.6 Å². The molecule has 1 rings (SSSR count). The summed E-state index contributed by atoms with van der Waals surface area (Å²) < 4.78 is 0. The molecule has 0 saturated carbocycles. The first-order chi connectivity index (χ1) is 8.51. The van der Waals surface area contributed by atoms with Gasteiger partial charge in [0, 0.05) is 18.6 Å². The molecule has 2 nitrogen and oxygen atoms in total. The summed E-state index contributed by atoms with van der Waals surface area (Å²) >= 11 is 0. The van der Waals surface area contributed by atoms with Gasteiger partial charge in [-0.05, 0) is 51.8 Å². The molecule has 0 radical (unpaired) electrons. The highest BCUT2D eigenvalue weighted by Crippen LogP contribution is 2.26. The van der Waals surface area contributed by atoms with Crippen molar-refractivity contribution in [1.29, 1.82) is 0 Å². The third-order valence-corrected chi connectivity index (χ3v) is 3.56. The van der Waals surface area contributed by atoms with Crippen molar-refractivity contribution in [1.82, 2.24) is 4.90 Å². The first-order valence-electron chi connectivity index (χ1n) is 7.04. The molecule has 1 aromatic rings. The van der Waals surface area contributed by atoms with Crippen LogP contribution < -0.4 is 5.73 Å². The van der Waals surface area contributed by atoms with Crippen LogP contribution in [0.2, 0.25) is 0 Å². The van der Waals surface area contributed by atoms with Crippen molar-refractivity contribution in [3.63, 3.8) is 0 Å². The molecular formula is C16H28N2. The summed E-state index contributed by atoms with van der Waals surface area (Å²) in [5, 5.41) is 0. The minimum absolute atomic E-state index is 0.338. The highest BCUT2D eigenvalue weighted by Gasteiger charge is 2.22. The third-order valence-electron chi connectivity index (χ3n) is 3.56. The summed E-state index contributed by atoms with van der Waals surface area (Å²) in [4.78, 5) is 2.52. The van der Waals surface area contributed by atoms with Gasteiger partial charge in [-0.2, -0.15) is 0 Å². The van der Waals surface area contributed by atoms with E-state index in [9.17, 15) is 0 Å². The van der Waals surface area contributed by atoms with E-state index < -0.39 is 0 Å². The topological polar surface area (TPSA) is 29.3 Å². The standard InChI is InChI=1S/C16H28N2/c1-6-9-18(12(2)3)16(11-17)15-10-13(4)7-8-14(15)5/h7-8,10,12,16H,6,9,11,17H2,1-5H3. The molecule has 0 saturated heterocycles. The lowest BCUT2D eigenvalue weighted by molar-refractivity contribution is 0.157. The predicted octanol–water partition coefficient (Wildman–Crippen LogP) is 3.42.